The number of aliphatic carboxylic acids is 1. The van der Waals surface area contributed by atoms with Gasteiger partial charge < -0.3 is 26.6 Å². The van der Waals surface area contributed by atoms with Crippen LogP contribution in [0.2, 0.25) is 0 Å². The molecule has 29 heavy (non-hydrogen) atoms. The second kappa shape index (κ2) is 7.48. The summed E-state index contributed by atoms with van der Waals surface area (Å²) in [6.07, 6.45) is 2.16. The first-order valence-corrected chi connectivity index (χ1v) is 11.0. The molecule has 1 aliphatic carbocycles. The summed E-state index contributed by atoms with van der Waals surface area (Å²) in [6, 6.07) is 0.391. The molecule has 1 amide bonds. The van der Waals surface area contributed by atoms with Gasteiger partial charge in [-0.05, 0) is 26.2 Å². The molecule has 2 saturated heterocycles. The molecule has 0 aromatic carbocycles. The van der Waals surface area contributed by atoms with Crippen LogP contribution in [0, 0.1) is 11.8 Å². The number of hydrogen-bond donors (Lipinski definition) is 4. The van der Waals surface area contributed by atoms with Crippen molar-refractivity contribution in [3.05, 3.63) is 10.6 Å². The fraction of sp³-hybridized carbons (Fsp3) is 0.737. The van der Waals surface area contributed by atoms with E-state index in [0.29, 0.717) is 11.3 Å². The van der Waals surface area contributed by atoms with Crippen LogP contribution in [0.5, 0.6) is 0 Å². The average molecular weight is 424 g/mol. The number of carboxylic acids is 1. The summed E-state index contributed by atoms with van der Waals surface area (Å²) in [7, 11) is 0. The van der Waals surface area contributed by atoms with Gasteiger partial charge in [-0.1, -0.05) is 6.92 Å². The summed E-state index contributed by atoms with van der Waals surface area (Å²) in [5, 5.41) is 20.0. The quantitative estimate of drug-likeness (QED) is 0.260. The van der Waals surface area contributed by atoms with Crippen LogP contribution in [-0.4, -0.2) is 80.4 Å². The van der Waals surface area contributed by atoms with Gasteiger partial charge in [0.15, 0.2) is 5.96 Å². The van der Waals surface area contributed by atoms with E-state index in [0.717, 1.165) is 37.3 Å². The Morgan fingerprint density at radius 3 is 2.62 bits per heavy atom. The molecule has 0 radical (unpaired) electrons. The van der Waals surface area contributed by atoms with Crippen LogP contribution in [0.15, 0.2) is 15.6 Å². The van der Waals surface area contributed by atoms with E-state index < -0.39 is 18.0 Å². The lowest BCUT2D eigenvalue weighted by Crippen LogP contribution is -2.63. The van der Waals surface area contributed by atoms with Crippen molar-refractivity contribution in [3.63, 3.8) is 0 Å². The lowest BCUT2D eigenvalue weighted by atomic mass is 9.79. The highest BCUT2D eigenvalue weighted by molar-refractivity contribution is 8.03. The van der Waals surface area contributed by atoms with Crippen molar-refractivity contribution in [2.45, 2.75) is 62.6 Å². The third kappa shape index (κ3) is 3.40. The summed E-state index contributed by atoms with van der Waals surface area (Å²) in [5.74, 6) is -1.78. The average Bonchev–Trinajstić information content (AvgIpc) is 3.11. The Hall–Kier alpha value is -1.78. The van der Waals surface area contributed by atoms with E-state index in [4.69, 9.17) is 11.5 Å². The number of aliphatic imine (C=N–C) groups is 1. The summed E-state index contributed by atoms with van der Waals surface area (Å²) >= 11 is 1.60. The minimum atomic E-state index is -1.06. The van der Waals surface area contributed by atoms with Gasteiger partial charge in [0.1, 0.15) is 5.70 Å². The molecule has 1 saturated carbocycles. The molecule has 0 unspecified atom stereocenters. The number of nitrogens with zero attached hydrogens (tertiary/aromatic N) is 3. The monoisotopic (exact) mass is 423 g/mol. The maximum atomic E-state index is 12.4. The molecule has 0 aromatic heterocycles. The van der Waals surface area contributed by atoms with E-state index in [-0.39, 0.29) is 35.6 Å². The first-order chi connectivity index (χ1) is 13.7. The lowest BCUT2D eigenvalue weighted by molar-refractivity contribution is -0.163. The normalized spacial score (nSPS) is 37.8. The van der Waals surface area contributed by atoms with E-state index in [2.05, 4.69) is 9.89 Å². The molecule has 3 heterocycles. The van der Waals surface area contributed by atoms with E-state index in [1.807, 2.05) is 6.92 Å². The van der Waals surface area contributed by atoms with Crippen LogP contribution in [0.1, 0.15) is 33.1 Å². The number of likely N-dealkylation sites (tertiary alicyclic amines) is 1. The van der Waals surface area contributed by atoms with Crippen LogP contribution in [0.3, 0.4) is 0 Å². The fourth-order valence-corrected chi connectivity index (χ4v) is 6.85. The van der Waals surface area contributed by atoms with Gasteiger partial charge in [0.25, 0.3) is 0 Å². The standard InChI is InChI=1S/C19H29N5O4S/c1-8-14-13(9(2)25)17(26)24(14)15(18(27)28)16(8)29-12-5-11(6-12)23-4-3-10(7-23)22-19(20)21/h8-14,25H,3-7H2,1-2H3,(H,27,28)(H4,20,21,22)/t8-,9-,10+,11?,12?,13-,14-/m1/s1. The minimum absolute atomic E-state index is 0.0690. The molecule has 5 atom stereocenters. The van der Waals surface area contributed by atoms with Crippen molar-refractivity contribution >= 4 is 29.6 Å². The third-order valence-electron chi connectivity index (χ3n) is 6.72. The maximum Gasteiger partial charge on any atom is 0.353 e. The van der Waals surface area contributed by atoms with Crippen molar-refractivity contribution in [1.82, 2.24) is 9.80 Å². The highest BCUT2D eigenvalue weighted by Crippen LogP contribution is 2.53. The van der Waals surface area contributed by atoms with Gasteiger partial charge in [0.2, 0.25) is 5.91 Å². The van der Waals surface area contributed by atoms with Crippen molar-refractivity contribution in [2.75, 3.05) is 13.1 Å². The number of β-lactam (4-membered cyclic amide) rings is 1. The molecule has 0 spiro atoms. The zero-order valence-electron chi connectivity index (χ0n) is 16.7. The zero-order chi connectivity index (χ0) is 21.0. The predicted molar refractivity (Wildman–Crippen MR) is 110 cm³/mol. The molecule has 3 fully saturated rings. The number of guanidine groups is 1. The van der Waals surface area contributed by atoms with Gasteiger partial charge in [-0.2, -0.15) is 0 Å². The van der Waals surface area contributed by atoms with E-state index >= 15 is 0 Å². The molecule has 6 N–H and O–H groups in total. The number of carboxylic acid groups (broad SMARTS) is 1. The number of aliphatic hydroxyl groups is 1. The molecular formula is C19H29N5O4S. The second-order valence-electron chi connectivity index (χ2n) is 8.63. The van der Waals surface area contributed by atoms with Gasteiger partial charge in [-0.25, -0.2) is 9.79 Å². The Balaban J connectivity index is 1.39. The molecule has 4 rings (SSSR count). The number of hydrogen-bond acceptors (Lipinski definition) is 6. The maximum absolute atomic E-state index is 12.4. The smallest absolute Gasteiger partial charge is 0.353 e. The third-order valence-corrected chi connectivity index (χ3v) is 8.25. The first kappa shape index (κ1) is 20.5. The molecule has 3 aliphatic heterocycles. The van der Waals surface area contributed by atoms with Gasteiger partial charge in [0.05, 0.1) is 24.1 Å². The fourth-order valence-electron chi connectivity index (χ4n) is 5.21. The highest BCUT2D eigenvalue weighted by Gasteiger charge is 2.60. The SMILES string of the molecule is C[C@@H](O)[C@H]1C(=O)N2C(C(=O)O)=C(SC3CC(N4CC[C@H](N=C(N)N)C4)C3)[C@H](C)[C@H]12. The Morgan fingerprint density at radius 2 is 2.03 bits per heavy atom. The first-order valence-electron chi connectivity index (χ1n) is 10.2. The predicted octanol–water partition coefficient (Wildman–Crippen LogP) is -0.248. The van der Waals surface area contributed by atoms with Crippen molar-refractivity contribution in [2.24, 2.45) is 28.3 Å². The van der Waals surface area contributed by atoms with Gasteiger partial charge in [-0.15, -0.1) is 11.8 Å². The van der Waals surface area contributed by atoms with Crippen molar-refractivity contribution in [3.8, 4) is 0 Å². The molecule has 9 nitrogen and oxygen atoms in total. The molecular weight excluding hydrogens is 394 g/mol. The molecule has 0 aromatic rings. The van der Waals surface area contributed by atoms with Crippen molar-refractivity contribution < 1.29 is 19.8 Å². The Kier molecular flexibility index (Phi) is 5.28. The highest BCUT2D eigenvalue weighted by atomic mass is 32.2. The van der Waals surface area contributed by atoms with Crippen LogP contribution < -0.4 is 11.5 Å². The number of amides is 1. The van der Waals surface area contributed by atoms with Crippen molar-refractivity contribution in [1.29, 1.82) is 0 Å². The Bertz CT molecular complexity index is 775. The molecule has 160 valence electrons. The number of carbonyl (C=O) groups is 2. The topological polar surface area (TPSA) is 145 Å². The molecule has 10 heteroatoms. The van der Waals surface area contributed by atoms with E-state index in [9.17, 15) is 19.8 Å². The number of nitrogens with two attached hydrogens (primary N) is 2. The van der Waals surface area contributed by atoms with Gasteiger partial charge >= 0.3 is 5.97 Å². The van der Waals surface area contributed by atoms with Crippen LogP contribution >= 0.6 is 11.8 Å². The van der Waals surface area contributed by atoms with E-state index in [1.54, 1.807) is 18.7 Å². The number of rotatable bonds is 6. The zero-order valence-corrected chi connectivity index (χ0v) is 17.5. The number of carbonyl (C=O) groups excluding carboxylic acids is 1. The Morgan fingerprint density at radius 1 is 1.34 bits per heavy atom. The summed E-state index contributed by atoms with van der Waals surface area (Å²) in [5.41, 5.74) is 11.1. The largest absolute Gasteiger partial charge is 0.477 e. The summed E-state index contributed by atoms with van der Waals surface area (Å²) in [4.78, 5) is 33.1. The molecule has 4 aliphatic rings. The van der Waals surface area contributed by atoms with E-state index in [1.165, 1.54) is 4.90 Å². The minimum Gasteiger partial charge on any atom is -0.477 e. The Labute approximate surface area is 174 Å². The number of fused-ring (bicyclic) bond motifs is 1. The summed E-state index contributed by atoms with van der Waals surface area (Å²) in [6.45, 7) is 5.40. The van der Waals surface area contributed by atoms with Gasteiger partial charge in [-0.3, -0.25) is 9.69 Å². The number of thioether (sulfide) groups is 1. The summed E-state index contributed by atoms with van der Waals surface area (Å²) < 4.78 is 0. The van der Waals surface area contributed by atoms with Gasteiger partial charge in [0, 0.05) is 35.2 Å². The van der Waals surface area contributed by atoms with Crippen LogP contribution in [0.25, 0.3) is 0 Å². The number of aliphatic hydroxyl groups excluding tert-OH is 1. The second-order valence-corrected chi connectivity index (χ2v) is 9.97. The van der Waals surface area contributed by atoms with Crippen LogP contribution in [0.4, 0.5) is 0 Å². The lowest BCUT2D eigenvalue weighted by Gasteiger charge is -2.46. The molecule has 0 bridgehead atoms. The van der Waals surface area contributed by atoms with Crippen LogP contribution in [-0.2, 0) is 9.59 Å².